The van der Waals surface area contributed by atoms with Crippen molar-refractivity contribution < 1.29 is 0 Å². The molecule has 2 aromatic heterocycles. The third-order valence-corrected chi connectivity index (χ3v) is 3.55. The van der Waals surface area contributed by atoms with Gasteiger partial charge in [0.05, 0.1) is 0 Å². The second-order valence-electron chi connectivity index (χ2n) is 4.79. The smallest absolute Gasteiger partial charge is 0.112 e. The molecule has 110 valence electrons. The van der Waals surface area contributed by atoms with Gasteiger partial charge < -0.3 is 9.88 Å². The van der Waals surface area contributed by atoms with Crippen molar-refractivity contribution in [2.75, 3.05) is 13.1 Å². The SMILES string of the molecule is Cl.Cl.c1cc(Cn2ccnc2C2CCNCC2)ccn1. The van der Waals surface area contributed by atoms with Gasteiger partial charge in [-0.1, -0.05) is 0 Å². The standard InChI is InChI=1S/C14H18N4.2ClH/c1-5-15-6-2-12(1)11-18-10-9-17-14(18)13-3-7-16-8-4-13;;/h1-2,5-6,9-10,13,16H,3-4,7-8,11H2;2*1H. The largest absolute Gasteiger partial charge is 0.330 e. The molecule has 0 amide bonds. The van der Waals surface area contributed by atoms with Gasteiger partial charge in [0, 0.05) is 37.3 Å². The minimum atomic E-state index is 0. The summed E-state index contributed by atoms with van der Waals surface area (Å²) < 4.78 is 2.27. The Balaban J connectivity index is 0.000001000. The first-order valence-electron chi connectivity index (χ1n) is 6.54. The van der Waals surface area contributed by atoms with E-state index in [1.54, 1.807) is 0 Å². The van der Waals surface area contributed by atoms with Gasteiger partial charge in [-0.3, -0.25) is 4.98 Å². The fourth-order valence-electron chi connectivity index (χ4n) is 2.58. The third kappa shape index (κ3) is 3.95. The highest BCUT2D eigenvalue weighted by Crippen LogP contribution is 2.24. The predicted molar refractivity (Wildman–Crippen MR) is 84.9 cm³/mol. The molecule has 1 aliphatic heterocycles. The maximum atomic E-state index is 4.56. The molecule has 0 atom stereocenters. The van der Waals surface area contributed by atoms with Gasteiger partial charge in [0.25, 0.3) is 0 Å². The van der Waals surface area contributed by atoms with Gasteiger partial charge in [0.1, 0.15) is 5.82 Å². The molecule has 0 aromatic carbocycles. The van der Waals surface area contributed by atoms with Crippen LogP contribution in [0.4, 0.5) is 0 Å². The van der Waals surface area contributed by atoms with Gasteiger partial charge in [0.2, 0.25) is 0 Å². The highest BCUT2D eigenvalue weighted by molar-refractivity contribution is 5.85. The Labute approximate surface area is 131 Å². The number of piperidine rings is 1. The Kier molecular flexibility index (Phi) is 6.99. The normalized spacial score (nSPS) is 15.2. The van der Waals surface area contributed by atoms with Gasteiger partial charge in [0.15, 0.2) is 0 Å². The van der Waals surface area contributed by atoms with Crippen LogP contribution in [0.15, 0.2) is 36.9 Å². The summed E-state index contributed by atoms with van der Waals surface area (Å²) in [7, 11) is 0. The van der Waals surface area contributed by atoms with Crippen LogP contribution in [-0.2, 0) is 6.54 Å². The van der Waals surface area contributed by atoms with Crippen molar-refractivity contribution in [3.63, 3.8) is 0 Å². The van der Waals surface area contributed by atoms with E-state index in [9.17, 15) is 0 Å². The Morgan fingerprint density at radius 1 is 1.10 bits per heavy atom. The fraction of sp³-hybridized carbons (Fsp3) is 0.429. The minimum absolute atomic E-state index is 0. The van der Waals surface area contributed by atoms with E-state index >= 15 is 0 Å². The zero-order valence-corrected chi connectivity index (χ0v) is 12.9. The van der Waals surface area contributed by atoms with Crippen molar-refractivity contribution >= 4 is 24.8 Å². The molecule has 1 fully saturated rings. The van der Waals surface area contributed by atoms with Crippen LogP contribution in [-0.4, -0.2) is 27.6 Å². The van der Waals surface area contributed by atoms with E-state index in [0.717, 1.165) is 19.6 Å². The molecule has 0 unspecified atom stereocenters. The van der Waals surface area contributed by atoms with E-state index in [4.69, 9.17) is 0 Å². The molecule has 0 bridgehead atoms. The zero-order chi connectivity index (χ0) is 12.2. The molecule has 3 heterocycles. The predicted octanol–water partition coefficient (Wildman–Crippen LogP) is 2.64. The molecular weight excluding hydrogens is 295 g/mol. The molecule has 3 rings (SSSR count). The number of nitrogens with zero attached hydrogens (tertiary/aromatic N) is 3. The van der Waals surface area contributed by atoms with Crippen molar-refractivity contribution in [3.05, 3.63) is 48.3 Å². The molecule has 20 heavy (non-hydrogen) atoms. The minimum Gasteiger partial charge on any atom is -0.330 e. The number of imidazole rings is 1. The van der Waals surface area contributed by atoms with Crippen LogP contribution in [0, 0.1) is 0 Å². The second-order valence-corrected chi connectivity index (χ2v) is 4.79. The third-order valence-electron chi connectivity index (χ3n) is 3.55. The maximum Gasteiger partial charge on any atom is 0.112 e. The average Bonchev–Trinajstić information content (AvgIpc) is 2.89. The van der Waals surface area contributed by atoms with Gasteiger partial charge in [-0.15, -0.1) is 24.8 Å². The van der Waals surface area contributed by atoms with E-state index in [1.165, 1.54) is 24.2 Å². The molecule has 0 saturated carbocycles. The lowest BCUT2D eigenvalue weighted by molar-refractivity contribution is 0.434. The number of hydrogen-bond donors (Lipinski definition) is 1. The van der Waals surface area contributed by atoms with Gasteiger partial charge in [-0.05, 0) is 43.6 Å². The highest BCUT2D eigenvalue weighted by Gasteiger charge is 2.19. The van der Waals surface area contributed by atoms with Crippen molar-refractivity contribution in [1.29, 1.82) is 0 Å². The lowest BCUT2D eigenvalue weighted by atomic mass is 9.97. The van der Waals surface area contributed by atoms with Gasteiger partial charge >= 0.3 is 0 Å². The molecule has 0 aliphatic carbocycles. The van der Waals surface area contributed by atoms with Crippen LogP contribution >= 0.6 is 24.8 Å². The summed E-state index contributed by atoms with van der Waals surface area (Å²) in [6.45, 7) is 3.10. The summed E-state index contributed by atoms with van der Waals surface area (Å²) in [5.41, 5.74) is 1.28. The topological polar surface area (TPSA) is 42.7 Å². The van der Waals surface area contributed by atoms with Crippen LogP contribution in [0.25, 0.3) is 0 Å². The van der Waals surface area contributed by atoms with Crippen LogP contribution in [0.2, 0.25) is 0 Å². The Bertz CT molecular complexity index is 495. The van der Waals surface area contributed by atoms with Crippen molar-refractivity contribution in [3.8, 4) is 0 Å². The van der Waals surface area contributed by atoms with Gasteiger partial charge in [-0.25, -0.2) is 4.98 Å². The lowest BCUT2D eigenvalue weighted by Gasteiger charge is -2.23. The van der Waals surface area contributed by atoms with E-state index < -0.39 is 0 Å². The van der Waals surface area contributed by atoms with E-state index in [-0.39, 0.29) is 24.8 Å². The number of rotatable bonds is 3. The average molecular weight is 315 g/mol. The number of hydrogen-bond acceptors (Lipinski definition) is 3. The lowest BCUT2D eigenvalue weighted by Crippen LogP contribution is -2.28. The van der Waals surface area contributed by atoms with E-state index in [1.807, 2.05) is 18.6 Å². The molecule has 1 aliphatic rings. The number of nitrogens with one attached hydrogen (secondary N) is 1. The van der Waals surface area contributed by atoms with Crippen molar-refractivity contribution in [1.82, 2.24) is 19.9 Å². The number of halogens is 2. The number of aromatic nitrogens is 3. The van der Waals surface area contributed by atoms with Crippen LogP contribution < -0.4 is 5.32 Å². The number of pyridine rings is 1. The second kappa shape index (κ2) is 8.25. The van der Waals surface area contributed by atoms with Crippen LogP contribution in [0.1, 0.15) is 30.1 Å². The van der Waals surface area contributed by atoms with E-state index in [0.29, 0.717) is 5.92 Å². The summed E-state index contributed by atoms with van der Waals surface area (Å²) in [6.07, 6.45) is 10.1. The maximum absolute atomic E-state index is 4.56. The quantitative estimate of drug-likeness (QED) is 0.947. The molecule has 2 aromatic rings. The monoisotopic (exact) mass is 314 g/mol. The van der Waals surface area contributed by atoms with Gasteiger partial charge in [-0.2, -0.15) is 0 Å². The first-order valence-corrected chi connectivity index (χ1v) is 6.54. The van der Waals surface area contributed by atoms with Crippen LogP contribution in [0.3, 0.4) is 0 Å². The molecule has 1 saturated heterocycles. The molecule has 4 nitrogen and oxygen atoms in total. The zero-order valence-electron chi connectivity index (χ0n) is 11.2. The van der Waals surface area contributed by atoms with Crippen molar-refractivity contribution in [2.45, 2.75) is 25.3 Å². The summed E-state index contributed by atoms with van der Waals surface area (Å²) in [6, 6.07) is 4.12. The van der Waals surface area contributed by atoms with E-state index in [2.05, 4.69) is 38.2 Å². The Morgan fingerprint density at radius 3 is 2.50 bits per heavy atom. The first-order chi connectivity index (χ1) is 8.93. The van der Waals surface area contributed by atoms with Crippen LogP contribution in [0.5, 0.6) is 0 Å². The highest BCUT2D eigenvalue weighted by atomic mass is 35.5. The first kappa shape index (κ1) is 17.0. The fourth-order valence-corrected chi connectivity index (χ4v) is 2.58. The summed E-state index contributed by atoms with van der Waals surface area (Å²) in [5.74, 6) is 1.83. The molecule has 6 heteroatoms. The Hall–Kier alpha value is -1.10. The molecule has 0 radical (unpaired) electrons. The molecule has 1 N–H and O–H groups in total. The molecular formula is C14H20Cl2N4. The summed E-state index contributed by atoms with van der Waals surface area (Å²) in [4.78, 5) is 8.61. The molecule has 0 spiro atoms. The van der Waals surface area contributed by atoms with Crippen molar-refractivity contribution in [2.24, 2.45) is 0 Å². The summed E-state index contributed by atoms with van der Waals surface area (Å²) in [5, 5.41) is 3.40. The summed E-state index contributed by atoms with van der Waals surface area (Å²) >= 11 is 0. The Morgan fingerprint density at radius 2 is 1.80 bits per heavy atom.